The molecule has 1 aliphatic heterocycles. The predicted molar refractivity (Wildman–Crippen MR) is 80.7 cm³/mol. The van der Waals surface area contributed by atoms with E-state index in [1.54, 1.807) is 0 Å². The van der Waals surface area contributed by atoms with Gasteiger partial charge in [-0.3, -0.25) is 0 Å². The molecule has 0 unspecified atom stereocenters. The molecule has 1 aromatic carbocycles. The molecule has 20 heavy (non-hydrogen) atoms. The second kappa shape index (κ2) is 6.23. The first-order chi connectivity index (χ1) is 9.73. The first-order valence-corrected chi connectivity index (χ1v) is 7.92. The highest BCUT2D eigenvalue weighted by molar-refractivity contribution is 5.14. The number of piperidine rings is 1. The summed E-state index contributed by atoms with van der Waals surface area (Å²) < 4.78 is 13.6. The highest BCUT2D eigenvalue weighted by atomic mass is 19.1. The molecule has 1 N–H and O–H groups in total. The van der Waals surface area contributed by atoms with Gasteiger partial charge in [0, 0.05) is 19.1 Å². The van der Waals surface area contributed by atoms with E-state index in [1.165, 1.54) is 5.56 Å². The smallest absolute Gasteiger partial charge is 0.123 e. The lowest BCUT2D eigenvalue weighted by Crippen LogP contribution is -2.44. The summed E-state index contributed by atoms with van der Waals surface area (Å²) in [5, 5.41) is 3.42. The number of alkyl halides is 1. The quantitative estimate of drug-likeness (QED) is 0.859. The molecule has 0 aromatic heterocycles. The van der Waals surface area contributed by atoms with Gasteiger partial charge in [-0.1, -0.05) is 30.3 Å². The van der Waals surface area contributed by atoms with Crippen molar-refractivity contribution in [3.63, 3.8) is 0 Å². The summed E-state index contributed by atoms with van der Waals surface area (Å²) in [6.07, 6.45) is 4.97. The van der Waals surface area contributed by atoms with E-state index in [0.717, 1.165) is 51.7 Å². The summed E-state index contributed by atoms with van der Waals surface area (Å²) in [6, 6.07) is 11.2. The van der Waals surface area contributed by atoms with Crippen LogP contribution in [0.2, 0.25) is 0 Å². The van der Waals surface area contributed by atoms with Crippen LogP contribution in [0.5, 0.6) is 0 Å². The Bertz CT molecular complexity index is 408. The Morgan fingerprint density at radius 1 is 1.15 bits per heavy atom. The zero-order valence-corrected chi connectivity index (χ0v) is 12.2. The zero-order valence-electron chi connectivity index (χ0n) is 12.2. The van der Waals surface area contributed by atoms with E-state index in [4.69, 9.17) is 0 Å². The Balaban J connectivity index is 1.34. The molecule has 0 bridgehead atoms. The van der Waals surface area contributed by atoms with Gasteiger partial charge in [0.05, 0.1) is 0 Å². The normalized spacial score (nSPS) is 22.9. The maximum Gasteiger partial charge on any atom is 0.123 e. The minimum atomic E-state index is -0.857. The van der Waals surface area contributed by atoms with Crippen LogP contribution in [0.15, 0.2) is 30.3 Å². The summed E-state index contributed by atoms with van der Waals surface area (Å²) in [7, 11) is 0. The molecule has 1 saturated heterocycles. The Labute approximate surface area is 121 Å². The third-order valence-electron chi connectivity index (χ3n) is 4.65. The molecule has 2 fully saturated rings. The van der Waals surface area contributed by atoms with E-state index in [0.29, 0.717) is 12.6 Å². The fourth-order valence-corrected chi connectivity index (χ4v) is 2.93. The van der Waals surface area contributed by atoms with Crippen molar-refractivity contribution in [1.29, 1.82) is 0 Å². The number of hydrogen-bond acceptors (Lipinski definition) is 2. The molecular formula is C17H25FN2. The second-order valence-electron chi connectivity index (χ2n) is 6.38. The molecule has 2 aliphatic rings. The highest BCUT2D eigenvalue weighted by Gasteiger charge is 2.43. The van der Waals surface area contributed by atoms with Crippen LogP contribution in [-0.2, 0) is 6.42 Å². The summed E-state index contributed by atoms with van der Waals surface area (Å²) in [5.74, 6) is 0. The van der Waals surface area contributed by atoms with Crippen LogP contribution in [0.3, 0.4) is 0 Å². The van der Waals surface area contributed by atoms with Gasteiger partial charge in [0.2, 0.25) is 0 Å². The molecule has 3 rings (SSSR count). The van der Waals surface area contributed by atoms with E-state index in [9.17, 15) is 4.39 Å². The molecule has 0 spiro atoms. The molecule has 2 nitrogen and oxygen atoms in total. The fourth-order valence-electron chi connectivity index (χ4n) is 2.93. The lowest BCUT2D eigenvalue weighted by atomic mass is 10.0. The van der Waals surface area contributed by atoms with Gasteiger partial charge in [-0.05, 0) is 50.8 Å². The van der Waals surface area contributed by atoms with E-state index >= 15 is 0 Å². The Morgan fingerprint density at radius 3 is 2.50 bits per heavy atom. The lowest BCUT2D eigenvalue weighted by molar-refractivity contribution is 0.188. The summed E-state index contributed by atoms with van der Waals surface area (Å²) in [6.45, 7) is 4.00. The Morgan fingerprint density at radius 2 is 1.85 bits per heavy atom. The van der Waals surface area contributed by atoms with Crippen molar-refractivity contribution in [3.8, 4) is 0 Å². The summed E-state index contributed by atoms with van der Waals surface area (Å²) in [5.41, 5.74) is 0.561. The number of hydrogen-bond donors (Lipinski definition) is 1. The molecule has 1 aromatic rings. The second-order valence-corrected chi connectivity index (χ2v) is 6.38. The predicted octanol–water partition coefficient (Wildman–Crippen LogP) is 2.79. The number of nitrogens with zero attached hydrogens (tertiary/aromatic N) is 1. The SMILES string of the molecule is FC1(CNC2CCN(CCc3ccccc3)CC2)CC1. The van der Waals surface area contributed by atoms with Gasteiger partial charge < -0.3 is 10.2 Å². The number of rotatable bonds is 6. The Hall–Kier alpha value is -0.930. The van der Waals surface area contributed by atoms with Crippen LogP contribution in [-0.4, -0.2) is 42.8 Å². The molecule has 1 aliphatic carbocycles. The van der Waals surface area contributed by atoms with E-state index in [2.05, 4.69) is 40.5 Å². The van der Waals surface area contributed by atoms with Gasteiger partial charge in [-0.2, -0.15) is 0 Å². The minimum Gasteiger partial charge on any atom is -0.311 e. The first kappa shape index (κ1) is 14.0. The van der Waals surface area contributed by atoms with Crippen molar-refractivity contribution in [2.24, 2.45) is 0 Å². The van der Waals surface area contributed by atoms with Crippen LogP contribution in [0.4, 0.5) is 4.39 Å². The average molecular weight is 276 g/mol. The van der Waals surface area contributed by atoms with E-state index in [1.807, 2.05) is 0 Å². The van der Waals surface area contributed by atoms with Crippen LogP contribution >= 0.6 is 0 Å². The molecule has 1 saturated carbocycles. The molecule has 3 heteroatoms. The third kappa shape index (κ3) is 4.03. The maximum absolute atomic E-state index is 13.6. The van der Waals surface area contributed by atoms with Gasteiger partial charge in [0.15, 0.2) is 0 Å². The van der Waals surface area contributed by atoms with Crippen molar-refractivity contribution in [3.05, 3.63) is 35.9 Å². The summed E-state index contributed by atoms with van der Waals surface area (Å²) >= 11 is 0. The van der Waals surface area contributed by atoms with Gasteiger partial charge in [-0.15, -0.1) is 0 Å². The summed E-state index contributed by atoms with van der Waals surface area (Å²) in [4.78, 5) is 2.54. The number of benzene rings is 1. The third-order valence-corrected chi connectivity index (χ3v) is 4.65. The molecule has 0 radical (unpaired) electrons. The molecule has 110 valence electrons. The topological polar surface area (TPSA) is 15.3 Å². The number of likely N-dealkylation sites (tertiary alicyclic amines) is 1. The van der Waals surface area contributed by atoms with Gasteiger partial charge in [0.1, 0.15) is 5.67 Å². The first-order valence-electron chi connectivity index (χ1n) is 7.92. The monoisotopic (exact) mass is 276 g/mol. The van der Waals surface area contributed by atoms with Crippen LogP contribution in [0, 0.1) is 0 Å². The van der Waals surface area contributed by atoms with Crippen molar-refractivity contribution in [2.75, 3.05) is 26.2 Å². The van der Waals surface area contributed by atoms with Gasteiger partial charge >= 0.3 is 0 Å². The van der Waals surface area contributed by atoms with E-state index < -0.39 is 5.67 Å². The largest absolute Gasteiger partial charge is 0.311 e. The number of halogens is 1. The highest BCUT2D eigenvalue weighted by Crippen LogP contribution is 2.39. The fraction of sp³-hybridized carbons (Fsp3) is 0.647. The van der Waals surface area contributed by atoms with E-state index in [-0.39, 0.29) is 0 Å². The van der Waals surface area contributed by atoms with Crippen molar-refractivity contribution < 1.29 is 4.39 Å². The molecule has 0 atom stereocenters. The van der Waals surface area contributed by atoms with Crippen LogP contribution in [0.1, 0.15) is 31.2 Å². The Kier molecular flexibility index (Phi) is 4.37. The van der Waals surface area contributed by atoms with Crippen molar-refractivity contribution in [2.45, 2.75) is 43.8 Å². The van der Waals surface area contributed by atoms with Crippen molar-refractivity contribution in [1.82, 2.24) is 10.2 Å². The minimum absolute atomic E-state index is 0.524. The lowest BCUT2D eigenvalue weighted by Gasteiger charge is -2.32. The standard InChI is InChI=1S/C17H25FN2/c18-17(9-10-17)14-19-16-7-12-20(13-8-16)11-6-15-4-2-1-3-5-15/h1-5,16,19H,6-14H2. The average Bonchev–Trinajstić information content (AvgIpc) is 3.23. The molecule has 0 amide bonds. The zero-order chi connectivity index (χ0) is 13.8. The van der Waals surface area contributed by atoms with Crippen LogP contribution in [0.25, 0.3) is 0 Å². The van der Waals surface area contributed by atoms with Crippen molar-refractivity contribution >= 4 is 0 Å². The molecule has 1 heterocycles. The molecular weight excluding hydrogens is 251 g/mol. The van der Waals surface area contributed by atoms with Gasteiger partial charge in [0.25, 0.3) is 0 Å². The van der Waals surface area contributed by atoms with Gasteiger partial charge in [-0.25, -0.2) is 4.39 Å². The van der Waals surface area contributed by atoms with Crippen LogP contribution < -0.4 is 5.32 Å². The maximum atomic E-state index is 13.6. The number of nitrogens with one attached hydrogen (secondary N) is 1.